The van der Waals surface area contributed by atoms with Crippen molar-refractivity contribution in [2.24, 2.45) is 5.92 Å². The van der Waals surface area contributed by atoms with Gasteiger partial charge < -0.3 is 9.25 Å². The summed E-state index contributed by atoms with van der Waals surface area (Å²) in [6, 6.07) is 2.36. The van der Waals surface area contributed by atoms with Crippen LogP contribution in [0.3, 0.4) is 0 Å². The lowest BCUT2D eigenvalue weighted by Gasteiger charge is -2.22. The van der Waals surface area contributed by atoms with Gasteiger partial charge in [-0.25, -0.2) is 0 Å². The maximum Gasteiger partial charge on any atom is 0.108 e. The van der Waals surface area contributed by atoms with E-state index in [1.807, 2.05) is 6.07 Å². The molecule has 3 nitrogen and oxygen atoms in total. The summed E-state index contributed by atoms with van der Waals surface area (Å²) in [5, 5.41) is 0. The third-order valence-electron chi connectivity index (χ3n) is 2.69. The summed E-state index contributed by atoms with van der Waals surface area (Å²) in [6.45, 7) is 5.04. The number of nitrogens with one attached hydrogen (secondary N) is 1. The molecule has 0 fully saturated rings. The third-order valence-corrected chi connectivity index (χ3v) is 2.69. The van der Waals surface area contributed by atoms with Crippen LogP contribution in [0, 0.1) is 5.92 Å². The van der Waals surface area contributed by atoms with Crippen LogP contribution in [0.1, 0.15) is 44.1 Å². The van der Waals surface area contributed by atoms with Gasteiger partial charge in [0.25, 0.3) is 0 Å². The topological polar surface area (TPSA) is 34.4 Å². The monoisotopic (exact) mass is 209 g/mol. The van der Waals surface area contributed by atoms with Gasteiger partial charge in [0.05, 0.1) is 18.9 Å². The summed E-state index contributed by atoms with van der Waals surface area (Å²) in [4.78, 5) is 5.47. The van der Waals surface area contributed by atoms with Gasteiger partial charge in [0.15, 0.2) is 0 Å². The van der Waals surface area contributed by atoms with E-state index in [0.717, 1.165) is 25.2 Å². The molecule has 0 radical (unpaired) electrons. The number of fused-ring (bicyclic) bond motifs is 1. The fourth-order valence-corrected chi connectivity index (χ4v) is 1.92. The van der Waals surface area contributed by atoms with Gasteiger partial charge >= 0.3 is 0 Å². The summed E-state index contributed by atoms with van der Waals surface area (Å²) in [6.07, 6.45) is 5.13. The van der Waals surface area contributed by atoms with Crippen molar-refractivity contribution in [2.45, 2.75) is 39.2 Å². The second kappa shape index (κ2) is 4.81. The Hall–Kier alpha value is -0.800. The van der Waals surface area contributed by atoms with E-state index in [-0.39, 0.29) is 0 Å². The molecule has 1 aliphatic rings. The average Bonchev–Trinajstić information content (AvgIpc) is 2.65. The number of hydroxylamine groups is 1. The molecule has 1 aliphatic carbocycles. The minimum Gasteiger partial charge on any atom is -0.469 e. The van der Waals surface area contributed by atoms with Crippen LogP contribution < -0.4 is 5.48 Å². The fraction of sp³-hybridized carbons (Fsp3) is 0.667. The normalized spacial score (nSPS) is 20.6. The van der Waals surface area contributed by atoms with E-state index in [1.54, 1.807) is 6.26 Å². The molecule has 1 aromatic rings. The van der Waals surface area contributed by atoms with Crippen molar-refractivity contribution < 1.29 is 9.25 Å². The quantitative estimate of drug-likeness (QED) is 0.774. The first-order chi connectivity index (χ1) is 7.27. The van der Waals surface area contributed by atoms with Crippen LogP contribution in [-0.4, -0.2) is 6.61 Å². The van der Waals surface area contributed by atoms with Crippen LogP contribution >= 0.6 is 0 Å². The molecular formula is C12H19NO2. The molecule has 84 valence electrons. The smallest absolute Gasteiger partial charge is 0.108 e. The van der Waals surface area contributed by atoms with E-state index in [9.17, 15) is 0 Å². The summed E-state index contributed by atoms with van der Waals surface area (Å²) in [5.41, 5.74) is 4.40. The second-order valence-corrected chi connectivity index (χ2v) is 4.57. The minimum absolute atomic E-state index is 0.311. The van der Waals surface area contributed by atoms with Gasteiger partial charge in [0.2, 0.25) is 0 Å². The van der Waals surface area contributed by atoms with Crippen molar-refractivity contribution in [1.29, 1.82) is 0 Å². The van der Waals surface area contributed by atoms with E-state index >= 15 is 0 Å². The van der Waals surface area contributed by atoms with Gasteiger partial charge in [-0.3, -0.25) is 0 Å². The number of hydrogen-bond donors (Lipinski definition) is 1. The molecule has 3 heteroatoms. The van der Waals surface area contributed by atoms with Crippen molar-refractivity contribution in [3.05, 3.63) is 23.7 Å². The van der Waals surface area contributed by atoms with E-state index in [1.165, 1.54) is 12.0 Å². The Labute approximate surface area is 90.8 Å². The third kappa shape index (κ3) is 2.61. The number of hydrogen-bond acceptors (Lipinski definition) is 3. The molecule has 0 saturated heterocycles. The SMILES string of the molecule is CC(C)CONC1CCCc2occc21. The lowest BCUT2D eigenvalue weighted by molar-refractivity contribution is -0.00377. The Bertz CT molecular complexity index is 306. The first-order valence-corrected chi connectivity index (χ1v) is 5.71. The zero-order chi connectivity index (χ0) is 10.7. The minimum atomic E-state index is 0.311. The van der Waals surface area contributed by atoms with Crippen molar-refractivity contribution in [3.63, 3.8) is 0 Å². The number of aryl methyl sites for hydroxylation is 1. The highest BCUT2D eigenvalue weighted by atomic mass is 16.6. The maximum absolute atomic E-state index is 5.47. The molecule has 2 rings (SSSR count). The lowest BCUT2D eigenvalue weighted by atomic mass is 9.94. The Morgan fingerprint density at radius 1 is 1.60 bits per heavy atom. The predicted molar refractivity (Wildman–Crippen MR) is 58.3 cm³/mol. The summed E-state index contributed by atoms with van der Waals surface area (Å²) >= 11 is 0. The van der Waals surface area contributed by atoms with Gasteiger partial charge in [-0.05, 0) is 24.8 Å². The average molecular weight is 209 g/mol. The highest BCUT2D eigenvalue weighted by molar-refractivity contribution is 5.23. The zero-order valence-electron chi connectivity index (χ0n) is 9.45. The van der Waals surface area contributed by atoms with E-state index in [4.69, 9.17) is 9.25 Å². The summed E-state index contributed by atoms with van der Waals surface area (Å²) in [5.74, 6) is 1.68. The Morgan fingerprint density at radius 3 is 3.27 bits per heavy atom. The van der Waals surface area contributed by atoms with Gasteiger partial charge in [0.1, 0.15) is 5.76 Å². The molecular weight excluding hydrogens is 190 g/mol. The molecule has 1 aromatic heterocycles. The Balaban J connectivity index is 1.89. The van der Waals surface area contributed by atoms with Crippen LogP contribution in [0.5, 0.6) is 0 Å². The molecule has 0 saturated carbocycles. The van der Waals surface area contributed by atoms with Crippen LogP contribution in [0.2, 0.25) is 0 Å². The van der Waals surface area contributed by atoms with Crippen molar-refractivity contribution in [2.75, 3.05) is 6.61 Å². The zero-order valence-corrected chi connectivity index (χ0v) is 9.45. The lowest BCUT2D eigenvalue weighted by Crippen LogP contribution is -2.26. The summed E-state index contributed by atoms with van der Waals surface area (Å²) < 4.78 is 5.42. The molecule has 1 unspecified atom stereocenters. The molecule has 0 spiro atoms. The largest absolute Gasteiger partial charge is 0.469 e. The van der Waals surface area contributed by atoms with Crippen molar-refractivity contribution in [3.8, 4) is 0 Å². The first-order valence-electron chi connectivity index (χ1n) is 5.71. The van der Waals surface area contributed by atoms with Crippen LogP contribution in [-0.2, 0) is 11.3 Å². The molecule has 1 heterocycles. The molecule has 1 N–H and O–H groups in total. The molecule has 0 bridgehead atoms. The molecule has 1 atom stereocenters. The van der Waals surface area contributed by atoms with Gasteiger partial charge in [0, 0.05) is 12.0 Å². The number of furan rings is 1. The molecule has 0 amide bonds. The van der Waals surface area contributed by atoms with E-state index < -0.39 is 0 Å². The summed E-state index contributed by atoms with van der Waals surface area (Å²) in [7, 11) is 0. The van der Waals surface area contributed by atoms with Gasteiger partial charge in [-0.1, -0.05) is 13.8 Å². The number of rotatable bonds is 4. The molecule has 0 aromatic carbocycles. The highest BCUT2D eigenvalue weighted by Gasteiger charge is 2.22. The van der Waals surface area contributed by atoms with Crippen LogP contribution in [0.15, 0.2) is 16.7 Å². The van der Waals surface area contributed by atoms with Gasteiger partial charge in [-0.15, -0.1) is 0 Å². The molecule has 0 aliphatic heterocycles. The van der Waals surface area contributed by atoms with Crippen LogP contribution in [0.4, 0.5) is 0 Å². The van der Waals surface area contributed by atoms with Gasteiger partial charge in [-0.2, -0.15) is 5.48 Å². The van der Waals surface area contributed by atoms with Crippen LogP contribution in [0.25, 0.3) is 0 Å². The van der Waals surface area contributed by atoms with Crippen molar-refractivity contribution >= 4 is 0 Å². The fourth-order valence-electron chi connectivity index (χ4n) is 1.92. The Kier molecular flexibility index (Phi) is 3.44. The first kappa shape index (κ1) is 10.7. The standard InChI is InChI=1S/C12H19NO2/c1-9(2)8-15-13-11-4-3-5-12-10(11)6-7-14-12/h6-7,9,11,13H,3-5,8H2,1-2H3. The Morgan fingerprint density at radius 2 is 2.47 bits per heavy atom. The highest BCUT2D eigenvalue weighted by Crippen LogP contribution is 2.30. The predicted octanol–water partition coefficient (Wildman–Crippen LogP) is 2.83. The second-order valence-electron chi connectivity index (χ2n) is 4.57. The maximum atomic E-state index is 5.47. The van der Waals surface area contributed by atoms with Crippen molar-refractivity contribution in [1.82, 2.24) is 5.48 Å². The molecule has 15 heavy (non-hydrogen) atoms. The van der Waals surface area contributed by atoms with E-state index in [2.05, 4.69) is 19.3 Å². The van der Waals surface area contributed by atoms with E-state index in [0.29, 0.717) is 12.0 Å².